The number of amides is 2. The van der Waals surface area contributed by atoms with Crippen LogP contribution < -0.4 is 20.1 Å². The van der Waals surface area contributed by atoms with Crippen molar-refractivity contribution >= 4 is 35.7 Å². The molecule has 2 amide bonds. The number of ketones is 1. The van der Waals surface area contributed by atoms with Crippen molar-refractivity contribution < 1.29 is 33.8 Å². The number of allylic oxidation sites excluding steroid dienone is 1. The molecule has 0 saturated carbocycles. The smallest absolute Gasteiger partial charge is 0.328 e. The van der Waals surface area contributed by atoms with E-state index < -0.39 is 5.97 Å². The summed E-state index contributed by atoms with van der Waals surface area (Å²) in [6, 6.07) is 26.1. The third kappa shape index (κ3) is 9.60. The summed E-state index contributed by atoms with van der Waals surface area (Å²) in [5.41, 5.74) is 7.71. The maximum absolute atomic E-state index is 12.5. The van der Waals surface area contributed by atoms with Gasteiger partial charge in [-0.05, 0) is 120 Å². The van der Waals surface area contributed by atoms with Gasteiger partial charge >= 0.3 is 5.97 Å². The highest BCUT2D eigenvalue weighted by atomic mass is 16.5. The van der Waals surface area contributed by atoms with Gasteiger partial charge in [0.2, 0.25) is 0 Å². The average Bonchev–Trinajstić information content (AvgIpc) is 3.75. The third-order valence-corrected chi connectivity index (χ3v) is 9.03. The van der Waals surface area contributed by atoms with E-state index in [0.717, 1.165) is 65.3 Å². The number of carbonyl (C=O) groups is 4. The lowest BCUT2D eigenvalue weighted by atomic mass is 10.0. The first-order valence-corrected chi connectivity index (χ1v) is 16.9. The van der Waals surface area contributed by atoms with Gasteiger partial charge in [0.25, 0.3) is 11.8 Å². The molecule has 0 bridgehead atoms. The number of rotatable bonds is 11. The van der Waals surface area contributed by atoms with Crippen LogP contribution in [-0.4, -0.2) is 42.9 Å². The molecular weight excluding hydrogens is 644 g/mol. The van der Waals surface area contributed by atoms with Gasteiger partial charge in [-0.2, -0.15) is 0 Å². The Balaban J connectivity index is 0.000000198. The second-order valence-electron chi connectivity index (χ2n) is 12.3. The number of benzene rings is 4. The number of aliphatic carboxylic acids is 1. The minimum atomic E-state index is -0.967. The van der Waals surface area contributed by atoms with Crippen LogP contribution in [0.2, 0.25) is 0 Å². The van der Waals surface area contributed by atoms with Crippen molar-refractivity contribution in [1.82, 2.24) is 10.6 Å². The summed E-state index contributed by atoms with van der Waals surface area (Å²) in [6.45, 7) is 1.85. The SMILES string of the molecule is CCC(=O)/C=C/c1ccc2c(c1)CCC2NC(=O)c1ccc(OC)cc1.COc1ccc(C(=O)NC2CCc3cc(/C=C/C(=O)O)ccc32)cc1. The van der Waals surface area contributed by atoms with E-state index >= 15 is 0 Å². The second-order valence-corrected chi connectivity index (χ2v) is 12.3. The number of carboxylic acids is 1. The zero-order chi connectivity index (χ0) is 36.3. The highest BCUT2D eigenvalue weighted by molar-refractivity contribution is 5.95. The van der Waals surface area contributed by atoms with Gasteiger partial charge in [0, 0.05) is 23.6 Å². The number of nitrogens with one attached hydrogen (secondary N) is 2. The van der Waals surface area contributed by atoms with E-state index in [1.54, 1.807) is 74.9 Å². The zero-order valence-electron chi connectivity index (χ0n) is 29.0. The molecule has 4 aromatic rings. The number of ether oxygens (including phenoxy) is 2. The Morgan fingerprint density at radius 3 is 1.49 bits per heavy atom. The summed E-state index contributed by atoms with van der Waals surface area (Å²) in [5, 5.41) is 14.9. The molecule has 4 aromatic carbocycles. The minimum Gasteiger partial charge on any atom is -0.497 e. The predicted octanol–water partition coefficient (Wildman–Crippen LogP) is 7.32. The first kappa shape index (κ1) is 36.3. The Morgan fingerprint density at radius 2 is 1.10 bits per heavy atom. The van der Waals surface area contributed by atoms with Crippen LogP contribution in [0.4, 0.5) is 0 Å². The molecular formula is C42H42N2O7. The number of hydrogen-bond donors (Lipinski definition) is 3. The van der Waals surface area contributed by atoms with Gasteiger partial charge in [-0.1, -0.05) is 49.4 Å². The van der Waals surface area contributed by atoms with Crippen LogP contribution in [0.1, 0.15) is 92.4 Å². The molecule has 0 aromatic heterocycles. The van der Waals surface area contributed by atoms with E-state index in [1.807, 2.05) is 37.3 Å². The van der Waals surface area contributed by atoms with Crippen molar-refractivity contribution in [3.05, 3.63) is 142 Å². The van der Waals surface area contributed by atoms with Crippen LogP contribution in [0.3, 0.4) is 0 Å². The van der Waals surface area contributed by atoms with Crippen LogP contribution in [-0.2, 0) is 22.4 Å². The molecule has 2 unspecified atom stereocenters. The highest BCUT2D eigenvalue weighted by Gasteiger charge is 2.25. The van der Waals surface area contributed by atoms with E-state index in [9.17, 15) is 19.2 Å². The number of aryl methyl sites for hydroxylation is 2. The van der Waals surface area contributed by atoms with Gasteiger partial charge in [-0.15, -0.1) is 0 Å². The summed E-state index contributed by atoms with van der Waals surface area (Å²) >= 11 is 0. The molecule has 9 nitrogen and oxygen atoms in total. The maximum atomic E-state index is 12.5. The van der Waals surface area contributed by atoms with Gasteiger partial charge in [0.15, 0.2) is 5.78 Å². The molecule has 262 valence electrons. The molecule has 0 radical (unpaired) electrons. The molecule has 2 aliphatic rings. The lowest BCUT2D eigenvalue weighted by molar-refractivity contribution is -0.131. The molecule has 0 aliphatic heterocycles. The molecule has 51 heavy (non-hydrogen) atoms. The summed E-state index contributed by atoms with van der Waals surface area (Å²) in [4.78, 5) is 47.0. The quantitative estimate of drug-likeness (QED) is 0.141. The first-order chi connectivity index (χ1) is 24.7. The number of fused-ring (bicyclic) bond motifs is 2. The van der Waals surface area contributed by atoms with E-state index in [2.05, 4.69) is 22.8 Å². The van der Waals surface area contributed by atoms with Crippen molar-refractivity contribution in [2.75, 3.05) is 14.2 Å². The Hall–Kier alpha value is -5.96. The Kier molecular flexibility index (Phi) is 12.2. The zero-order valence-corrected chi connectivity index (χ0v) is 29.0. The van der Waals surface area contributed by atoms with E-state index in [0.29, 0.717) is 23.3 Å². The Bertz CT molecular complexity index is 1950. The highest BCUT2D eigenvalue weighted by Crippen LogP contribution is 2.33. The van der Waals surface area contributed by atoms with Crippen molar-refractivity contribution in [1.29, 1.82) is 0 Å². The molecule has 2 atom stereocenters. The molecule has 0 heterocycles. The van der Waals surface area contributed by atoms with Gasteiger partial charge in [-0.3, -0.25) is 14.4 Å². The lowest BCUT2D eigenvalue weighted by Gasteiger charge is -2.14. The summed E-state index contributed by atoms with van der Waals surface area (Å²) in [5.74, 6) is 0.401. The molecule has 0 saturated heterocycles. The topological polar surface area (TPSA) is 131 Å². The maximum Gasteiger partial charge on any atom is 0.328 e. The Labute approximate surface area is 298 Å². The van der Waals surface area contributed by atoms with Crippen molar-refractivity contribution in [3.63, 3.8) is 0 Å². The molecule has 3 N–H and O–H groups in total. The van der Waals surface area contributed by atoms with Gasteiger partial charge < -0.3 is 25.2 Å². The predicted molar refractivity (Wildman–Crippen MR) is 197 cm³/mol. The van der Waals surface area contributed by atoms with Gasteiger partial charge in [-0.25, -0.2) is 4.79 Å². The fourth-order valence-corrected chi connectivity index (χ4v) is 6.22. The van der Waals surface area contributed by atoms with Gasteiger partial charge in [0.1, 0.15) is 11.5 Å². The van der Waals surface area contributed by atoms with Crippen molar-refractivity contribution in [2.45, 2.75) is 51.1 Å². The Morgan fingerprint density at radius 1 is 0.667 bits per heavy atom. The van der Waals surface area contributed by atoms with Crippen LogP contribution in [0.15, 0.2) is 97.1 Å². The van der Waals surface area contributed by atoms with Crippen molar-refractivity contribution in [3.8, 4) is 11.5 Å². The fourth-order valence-electron chi connectivity index (χ4n) is 6.22. The van der Waals surface area contributed by atoms with Crippen LogP contribution in [0, 0.1) is 0 Å². The molecule has 0 spiro atoms. The van der Waals surface area contributed by atoms with E-state index in [-0.39, 0.29) is 29.7 Å². The monoisotopic (exact) mass is 686 g/mol. The van der Waals surface area contributed by atoms with Gasteiger partial charge in [0.05, 0.1) is 26.3 Å². The number of carbonyl (C=O) groups excluding carboxylic acids is 3. The summed E-state index contributed by atoms with van der Waals surface area (Å²) in [7, 11) is 3.19. The largest absolute Gasteiger partial charge is 0.497 e. The van der Waals surface area contributed by atoms with E-state index in [1.165, 1.54) is 5.56 Å². The fraction of sp³-hybridized carbons (Fsp3) is 0.238. The second kappa shape index (κ2) is 17.1. The van der Waals surface area contributed by atoms with E-state index in [4.69, 9.17) is 14.6 Å². The molecule has 9 heteroatoms. The van der Waals surface area contributed by atoms with Crippen LogP contribution in [0.25, 0.3) is 12.2 Å². The van der Waals surface area contributed by atoms with Crippen molar-refractivity contribution in [2.24, 2.45) is 0 Å². The first-order valence-electron chi connectivity index (χ1n) is 16.9. The normalized spacial score (nSPS) is 15.7. The summed E-state index contributed by atoms with van der Waals surface area (Å²) < 4.78 is 10.2. The molecule has 0 fully saturated rings. The third-order valence-electron chi connectivity index (χ3n) is 9.03. The lowest BCUT2D eigenvalue weighted by Crippen LogP contribution is -2.27. The number of hydrogen-bond acceptors (Lipinski definition) is 6. The molecule has 6 rings (SSSR count). The standard InChI is InChI=1S/C22H23NO3.C20H19NO4/c1-3-18(24)9-4-15-5-12-20-17(14-15)8-13-21(20)23-22(25)16-6-10-19(26-2)11-7-16;1-25-16-7-4-14(5-8-16)20(24)21-18-10-6-15-12-13(2-9-17(15)18)3-11-19(22)23/h4-7,9-12,14,21H,3,8,13H2,1-2H3,(H,23,25);2-5,7-9,11-12,18H,6,10H2,1H3,(H,21,24)(H,22,23)/b9-4+;11-3+. The number of carboxylic acid groups (broad SMARTS) is 1. The number of methoxy groups -OCH3 is 2. The van der Waals surface area contributed by atoms with Crippen LogP contribution in [0.5, 0.6) is 11.5 Å². The molecule has 2 aliphatic carbocycles. The average molecular weight is 687 g/mol. The minimum absolute atomic E-state index is 0.0231. The van der Waals surface area contributed by atoms with Crippen LogP contribution >= 0.6 is 0 Å². The summed E-state index contributed by atoms with van der Waals surface area (Å²) in [6.07, 6.45) is 10.2.